The average Bonchev–Trinajstić information content (AvgIpc) is 2.79. The summed E-state index contributed by atoms with van der Waals surface area (Å²) < 4.78 is 62.5. The van der Waals surface area contributed by atoms with E-state index in [-0.39, 0.29) is 28.8 Å². The van der Waals surface area contributed by atoms with Crippen LogP contribution in [0, 0.1) is 5.41 Å². The SMILES string of the molecule is COc1cc(N2CCN(OC(=O)C(C)(C)C)CC2)ccc1N(c1ccccc1OC(F)F)S(C)(=O)=O. The van der Waals surface area contributed by atoms with E-state index in [1.165, 1.54) is 31.4 Å². The first-order valence-electron chi connectivity index (χ1n) is 11.3. The van der Waals surface area contributed by atoms with E-state index in [0.717, 1.165) is 16.2 Å². The quantitative estimate of drug-likeness (QED) is 0.509. The van der Waals surface area contributed by atoms with Crippen molar-refractivity contribution < 1.29 is 36.3 Å². The van der Waals surface area contributed by atoms with E-state index in [0.29, 0.717) is 26.2 Å². The minimum absolute atomic E-state index is 0.0689. The molecule has 36 heavy (non-hydrogen) atoms. The Hall–Kier alpha value is -3.12. The van der Waals surface area contributed by atoms with Gasteiger partial charge in [-0.25, -0.2) is 17.5 Å². The summed E-state index contributed by atoms with van der Waals surface area (Å²) in [6.45, 7) is 4.32. The Kier molecular flexibility index (Phi) is 8.29. The molecule has 9 nitrogen and oxygen atoms in total. The molecule has 1 fully saturated rings. The van der Waals surface area contributed by atoms with E-state index >= 15 is 0 Å². The number of carbonyl (C=O) groups excluding carboxylic acids is 1. The van der Waals surface area contributed by atoms with Gasteiger partial charge in [-0.15, -0.1) is 5.06 Å². The molecule has 0 unspecified atom stereocenters. The molecule has 0 aromatic heterocycles. The number of hydrogen-bond acceptors (Lipinski definition) is 8. The summed E-state index contributed by atoms with van der Waals surface area (Å²) in [6.07, 6.45) is 0.970. The Morgan fingerprint density at radius 2 is 1.61 bits per heavy atom. The summed E-state index contributed by atoms with van der Waals surface area (Å²) in [7, 11) is -2.57. The minimum Gasteiger partial charge on any atom is -0.494 e. The van der Waals surface area contributed by atoms with Gasteiger partial charge in [-0.3, -0.25) is 0 Å². The summed E-state index contributed by atoms with van der Waals surface area (Å²) in [4.78, 5) is 19.7. The second-order valence-electron chi connectivity index (χ2n) is 9.27. The van der Waals surface area contributed by atoms with E-state index in [2.05, 4.69) is 4.74 Å². The number of hydrogen-bond donors (Lipinski definition) is 0. The van der Waals surface area contributed by atoms with Gasteiger partial charge < -0.3 is 19.2 Å². The highest BCUT2D eigenvalue weighted by Crippen LogP contribution is 2.42. The summed E-state index contributed by atoms with van der Waals surface area (Å²) in [5, 5.41) is 1.63. The first-order chi connectivity index (χ1) is 16.8. The zero-order chi connectivity index (χ0) is 26.7. The molecule has 198 valence electrons. The molecule has 0 radical (unpaired) electrons. The average molecular weight is 528 g/mol. The molecule has 1 saturated heterocycles. The highest BCUT2D eigenvalue weighted by Gasteiger charge is 2.30. The summed E-state index contributed by atoms with van der Waals surface area (Å²) >= 11 is 0. The smallest absolute Gasteiger partial charge is 0.387 e. The number of rotatable bonds is 8. The Morgan fingerprint density at radius 1 is 1.00 bits per heavy atom. The Balaban J connectivity index is 1.87. The van der Waals surface area contributed by atoms with Crippen LogP contribution in [0.4, 0.5) is 25.8 Å². The number of benzene rings is 2. The molecule has 1 aliphatic heterocycles. The van der Waals surface area contributed by atoms with E-state index in [1.54, 1.807) is 44.0 Å². The Bertz CT molecular complexity index is 1180. The molecule has 0 N–H and O–H groups in total. The molecule has 1 heterocycles. The Morgan fingerprint density at radius 3 is 2.17 bits per heavy atom. The number of piperazine rings is 1. The monoisotopic (exact) mass is 527 g/mol. The molecule has 0 aliphatic carbocycles. The van der Waals surface area contributed by atoms with Crippen LogP contribution in [0.15, 0.2) is 42.5 Å². The first kappa shape index (κ1) is 27.5. The number of nitrogens with zero attached hydrogens (tertiary/aromatic N) is 3. The number of carbonyl (C=O) groups is 1. The van der Waals surface area contributed by atoms with E-state index in [1.807, 2.05) is 4.90 Å². The lowest BCUT2D eigenvalue weighted by Crippen LogP contribution is -2.48. The number of anilines is 3. The molecule has 0 atom stereocenters. The third-order valence-electron chi connectivity index (χ3n) is 5.44. The zero-order valence-electron chi connectivity index (χ0n) is 20.9. The number of para-hydroxylation sites is 2. The van der Waals surface area contributed by atoms with Crippen LogP contribution in [0.1, 0.15) is 20.8 Å². The number of alkyl halides is 2. The number of methoxy groups -OCH3 is 1. The van der Waals surface area contributed by atoms with Crippen LogP contribution in [0.5, 0.6) is 11.5 Å². The van der Waals surface area contributed by atoms with Crippen molar-refractivity contribution in [2.75, 3.05) is 48.7 Å². The highest BCUT2D eigenvalue weighted by atomic mass is 32.2. The third-order valence-corrected chi connectivity index (χ3v) is 6.50. The van der Waals surface area contributed by atoms with Crippen molar-refractivity contribution >= 4 is 33.1 Å². The summed E-state index contributed by atoms with van der Waals surface area (Å²) in [6, 6.07) is 10.6. The van der Waals surface area contributed by atoms with E-state index in [4.69, 9.17) is 9.57 Å². The lowest BCUT2D eigenvalue weighted by atomic mass is 9.98. The fraction of sp³-hybridized carbons (Fsp3) is 0.458. The van der Waals surface area contributed by atoms with Crippen LogP contribution in [-0.2, 0) is 19.7 Å². The van der Waals surface area contributed by atoms with E-state index in [9.17, 15) is 22.0 Å². The van der Waals surface area contributed by atoms with Crippen molar-refractivity contribution in [2.45, 2.75) is 27.4 Å². The van der Waals surface area contributed by atoms with Crippen LogP contribution >= 0.6 is 0 Å². The second-order valence-corrected chi connectivity index (χ2v) is 11.1. The van der Waals surface area contributed by atoms with Crippen molar-refractivity contribution in [3.05, 3.63) is 42.5 Å². The van der Waals surface area contributed by atoms with Gasteiger partial charge in [0.2, 0.25) is 10.0 Å². The van der Waals surface area contributed by atoms with Gasteiger partial charge in [0.05, 0.1) is 43.2 Å². The molecule has 0 saturated carbocycles. The molecule has 2 aromatic carbocycles. The van der Waals surface area contributed by atoms with Crippen molar-refractivity contribution in [1.29, 1.82) is 0 Å². The molecule has 2 aromatic rings. The van der Waals surface area contributed by atoms with Crippen LogP contribution in [0.25, 0.3) is 0 Å². The molecular formula is C24H31F2N3O6S. The van der Waals surface area contributed by atoms with Crippen LogP contribution < -0.4 is 18.7 Å². The molecule has 3 rings (SSSR count). The number of ether oxygens (including phenoxy) is 2. The summed E-state index contributed by atoms with van der Waals surface area (Å²) in [5.41, 5.74) is 0.237. The number of hydroxylamine groups is 2. The number of sulfonamides is 1. The predicted molar refractivity (Wildman–Crippen MR) is 132 cm³/mol. The topological polar surface area (TPSA) is 88.6 Å². The first-order valence-corrected chi connectivity index (χ1v) is 13.1. The Labute approximate surface area is 210 Å². The standard InChI is InChI=1S/C24H31F2N3O6S/c1-24(2,3)22(30)35-28-14-12-27(13-15-28)17-10-11-19(21(16-17)33-4)29(36(5,31)32)18-8-6-7-9-20(18)34-23(25)26/h6-11,16,23H,12-15H2,1-5H3. The van der Waals surface area contributed by atoms with Crippen LogP contribution in [-0.4, -0.2) is 65.6 Å². The normalized spacial score (nSPS) is 15.1. The van der Waals surface area contributed by atoms with Crippen molar-refractivity contribution in [3.63, 3.8) is 0 Å². The maximum atomic E-state index is 13.0. The maximum Gasteiger partial charge on any atom is 0.387 e. The van der Waals surface area contributed by atoms with Gasteiger partial charge in [-0.05, 0) is 45.0 Å². The summed E-state index contributed by atoms with van der Waals surface area (Å²) in [5.74, 6) is -0.365. The molecule has 12 heteroatoms. The lowest BCUT2D eigenvalue weighted by molar-refractivity contribution is -0.201. The maximum absolute atomic E-state index is 13.0. The highest BCUT2D eigenvalue weighted by molar-refractivity contribution is 7.92. The van der Waals surface area contributed by atoms with Gasteiger partial charge in [0.25, 0.3) is 0 Å². The van der Waals surface area contributed by atoms with Gasteiger partial charge in [0.15, 0.2) is 5.75 Å². The molecule has 0 bridgehead atoms. The van der Waals surface area contributed by atoms with E-state index < -0.39 is 22.0 Å². The van der Waals surface area contributed by atoms with Crippen molar-refractivity contribution in [2.24, 2.45) is 5.41 Å². The van der Waals surface area contributed by atoms with Crippen LogP contribution in [0.2, 0.25) is 0 Å². The van der Waals surface area contributed by atoms with Crippen molar-refractivity contribution in [1.82, 2.24) is 5.06 Å². The molecular weight excluding hydrogens is 496 g/mol. The fourth-order valence-corrected chi connectivity index (χ4v) is 4.65. The zero-order valence-corrected chi connectivity index (χ0v) is 21.7. The van der Waals surface area contributed by atoms with Crippen molar-refractivity contribution in [3.8, 4) is 11.5 Å². The van der Waals surface area contributed by atoms with Gasteiger partial charge in [-0.2, -0.15) is 8.78 Å². The lowest BCUT2D eigenvalue weighted by Gasteiger charge is -2.36. The largest absolute Gasteiger partial charge is 0.494 e. The molecule has 1 aliphatic rings. The predicted octanol–water partition coefficient (Wildman–Crippen LogP) is 4.02. The van der Waals surface area contributed by atoms with Gasteiger partial charge >= 0.3 is 12.6 Å². The second kappa shape index (κ2) is 10.9. The van der Waals surface area contributed by atoms with Gasteiger partial charge in [0, 0.05) is 24.8 Å². The van der Waals surface area contributed by atoms with Gasteiger partial charge in [0.1, 0.15) is 5.75 Å². The fourth-order valence-electron chi connectivity index (χ4n) is 3.63. The molecule has 0 amide bonds. The third kappa shape index (κ3) is 6.55. The van der Waals surface area contributed by atoms with Gasteiger partial charge in [-0.1, -0.05) is 12.1 Å². The molecule has 0 spiro atoms. The number of halogens is 2. The minimum atomic E-state index is -3.97. The van der Waals surface area contributed by atoms with Crippen LogP contribution in [0.3, 0.4) is 0 Å².